The van der Waals surface area contributed by atoms with Crippen LogP contribution in [0.25, 0.3) is 16.8 Å². The zero-order valence-corrected chi connectivity index (χ0v) is 18.3. The lowest BCUT2D eigenvalue weighted by Gasteiger charge is -2.34. The van der Waals surface area contributed by atoms with Gasteiger partial charge in [0.2, 0.25) is 0 Å². The molecule has 2 fully saturated rings. The van der Waals surface area contributed by atoms with E-state index in [1.54, 1.807) is 0 Å². The molecular formula is C23H27N5O2S. The van der Waals surface area contributed by atoms with Crippen LogP contribution in [-0.2, 0) is 6.42 Å². The zero-order chi connectivity index (χ0) is 21.4. The highest BCUT2D eigenvalue weighted by Gasteiger charge is 2.30. The highest BCUT2D eigenvalue weighted by atomic mass is 32.1. The van der Waals surface area contributed by atoms with Crippen molar-refractivity contribution in [2.75, 3.05) is 39.3 Å². The predicted molar refractivity (Wildman–Crippen MR) is 123 cm³/mol. The molecule has 2 aromatic rings. The van der Waals surface area contributed by atoms with E-state index in [0.29, 0.717) is 17.2 Å². The number of benzene rings is 1. The Kier molecular flexibility index (Phi) is 5.50. The van der Waals surface area contributed by atoms with Gasteiger partial charge in [0, 0.05) is 67.6 Å². The molecule has 1 aromatic carbocycles. The summed E-state index contributed by atoms with van der Waals surface area (Å²) < 4.78 is 5.96. The van der Waals surface area contributed by atoms with Gasteiger partial charge in [-0.3, -0.25) is 9.69 Å². The van der Waals surface area contributed by atoms with Gasteiger partial charge in [-0.1, -0.05) is 6.07 Å². The second-order valence-corrected chi connectivity index (χ2v) is 9.49. The summed E-state index contributed by atoms with van der Waals surface area (Å²) in [6.07, 6.45) is 6.10. The van der Waals surface area contributed by atoms with Gasteiger partial charge in [0.1, 0.15) is 5.75 Å². The third kappa shape index (κ3) is 4.09. The lowest BCUT2D eigenvalue weighted by molar-refractivity contribution is 0.0631. The van der Waals surface area contributed by atoms with Crippen LogP contribution in [0.5, 0.6) is 5.75 Å². The normalized spacial score (nSPS) is 19.2. The van der Waals surface area contributed by atoms with E-state index >= 15 is 0 Å². The van der Waals surface area contributed by atoms with Gasteiger partial charge in [-0.05, 0) is 36.5 Å². The number of aromatic nitrogens is 1. The molecule has 3 N–H and O–H groups in total. The van der Waals surface area contributed by atoms with Gasteiger partial charge < -0.3 is 20.8 Å². The van der Waals surface area contributed by atoms with Crippen LogP contribution in [0.1, 0.15) is 33.1 Å². The van der Waals surface area contributed by atoms with E-state index in [1.165, 1.54) is 43.1 Å². The summed E-state index contributed by atoms with van der Waals surface area (Å²) in [6, 6.07) is 5.77. The van der Waals surface area contributed by atoms with Crippen LogP contribution in [0.2, 0.25) is 0 Å². The summed E-state index contributed by atoms with van der Waals surface area (Å²) in [6.45, 7) is 5.18. The molecule has 0 spiro atoms. The van der Waals surface area contributed by atoms with E-state index in [2.05, 4.69) is 4.90 Å². The number of fused-ring (bicyclic) bond motifs is 3. The van der Waals surface area contributed by atoms with Crippen molar-refractivity contribution in [1.82, 2.24) is 14.8 Å². The van der Waals surface area contributed by atoms with Crippen molar-refractivity contribution in [2.45, 2.75) is 19.3 Å². The van der Waals surface area contributed by atoms with Crippen molar-refractivity contribution in [3.63, 3.8) is 0 Å². The Morgan fingerprint density at radius 3 is 2.81 bits per heavy atom. The number of thiazole rings is 1. The quantitative estimate of drug-likeness (QED) is 0.702. The number of ether oxygens (including phenoxy) is 1. The molecular weight excluding hydrogens is 410 g/mol. The first kappa shape index (κ1) is 20.2. The van der Waals surface area contributed by atoms with E-state index in [0.717, 1.165) is 66.0 Å². The summed E-state index contributed by atoms with van der Waals surface area (Å²) in [4.78, 5) is 23.4. The Morgan fingerprint density at radius 2 is 2.10 bits per heavy atom. The molecule has 8 heteroatoms. The molecule has 0 atom stereocenters. The molecule has 1 saturated carbocycles. The first-order chi connectivity index (χ1) is 15.2. The summed E-state index contributed by atoms with van der Waals surface area (Å²) in [5.41, 5.74) is 8.82. The number of rotatable bonds is 5. The van der Waals surface area contributed by atoms with Crippen LogP contribution in [-0.4, -0.2) is 66.2 Å². The van der Waals surface area contributed by atoms with Gasteiger partial charge >= 0.3 is 0 Å². The number of amides is 1. The van der Waals surface area contributed by atoms with Crippen molar-refractivity contribution in [3.05, 3.63) is 39.8 Å². The lowest BCUT2D eigenvalue weighted by atomic mass is 10.0. The summed E-state index contributed by atoms with van der Waals surface area (Å²) in [5, 5.41) is 8.09. The molecule has 1 aromatic heterocycles. The minimum Gasteiger partial charge on any atom is -0.492 e. The molecule has 7 nitrogen and oxygen atoms in total. The van der Waals surface area contributed by atoms with Crippen molar-refractivity contribution < 1.29 is 9.53 Å². The Hall–Kier alpha value is -2.71. The topological polar surface area (TPSA) is 95.5 Å². The third-order valence-electron chi connectivity index (χ3n) is 6.24. The Bertz CT molecular complexity index is 1030. The summed E-state index contributed by atoms with van der Waals surface area (Å²) in [5.74, 6) is 1.64. The molecule has 31 heavy (non-hydrogen) atoms. The highest BCUT2D eigenvalue weighted by Crippen LogP contribution is 2.39. The average Bonchev–Trinajstić information content (AvgIpc) is 3.54. The SMILES string of the molecule is N=C/C(=C\N)c1ccc2c(c1)OCCc1sc(C(=O)N3CCN(CC4CC4)CC3)nc1-2. The number of nitrogens with two attached hydrogens (primary N) is 1. The molecule has 2 aliphatic heterocycles. The van der Waals surface area contributed by atoms with Gasteiger partial charge in [0.05, 0.1) is 12.3 Å². The maximum atomic E-state index is 13.2. The molecule has 1 aliphatic carbocycles. The van der Waals surface area contributed by atoms with Crippen molar-refractivity contribution >= 4 is 29.0 Å². The smallest absolute Gasteiger partial charge is 0.282 e. The van der Waals surface area contributed by atoms with Crippen LogP contribution in [0, 0.1) is 11.3 Å². The third-order valence-corrected chi connectivity index (χ3v) is 7.35. The lowest BCUT2D eigenvalue weighted by Crippen LogP contribution is -2.49. The Labute approximate surface area is 186 Å². The molecule has 5 rings (SSSR count). The minimum absolute atomic E-state index is 0.0420. The zero-order valence-electron chi connectivity index (χ0n) is 17.5. The number of hydrogen-bond acceptors (Lipinski definition) is 7. The second kappa shape index (κ2) is 8.43. The highest BCUT2D eigenvalue weighted by molar-refractivity contribution is 7.14. The van der Waals surface area contributed by atoms with Crippen LogP contribution in [0.4, 0.5) is 0 Å². The van der Waals surface area contributed by atoms with Crippen LogP contribution in [0.15, 0.2) is 24.4 Å². The van der Waals surface area contributed by atoms with Crippen molar-refractivity contribution in [1.29, 1.82) is 5.41 Å². The Morgan fingerprint density at radius 1 is 1.29 bits per heavy atom. The molecule has 0 bridgehead atoms. The molecule has 3 heterocycles. The van der Waals surface area contributed by atoms with Crippen molar-refractivity contribution in [3.8, 4) is 17.0 Å². The fourth-order valence-electron chi connectivity index (χ4n) is 4.26. The van der Waals surface area contributed by atoms with E-state index in [1.807, 2.05) is 23.1 Å². The van der Waals surface area contributed by atoms with E-state index < -0.39 is 0 Å². The van der Waals surface area contributed by atoms with Gasteiger partial charge in [-0.25, -0.2) is 4.98 Å². The number of carbonyl (C=O) groups excluding carboxylic acids is 1. The van der Waals surface area contributed by atoms with Crippen molar-refractivity contribution in [2.24, 2.45) is 11.7 Å². The number of nitrogens with zero attached hydrogens (tertiary/aromatic N) is 3. The van der Waals surface area contributed by atoms with E-state index in [9.17, 15) is 4.79 Å². The van der Waals surface area contributed by atoms with Gasteiger partial charge in [-0.15, -0.1) is 11.3 Å². The molecule has 1 saturated heterocycles. The summed E-state index contributed by atoms with van der Waals surface area (Å²) >= 11 is 1.49. The maximum absolute atomic E-state index is 13.2. The number of piperazine rings is 1. The van der Waals surface area contributed by atoms with Crippen LogP contribution < -0.4 is 10.5 Å². The molecule has 0 radical (unpaired) electrons. The first-order valence-electron chi connectivity index (χ1n) is 10.9. The van der Waals surface area contributed by atoms with E-state index in [4.69, 9.17) is 20.9 Å². The average molecular weight is 438 g/mol. The number of hydrogen-bond donors (Lipinski definition) is 2. The maximum Gasteiger partial charge on any atom is 0.282 e. The molecule has 162 valence electrons. The van der Waals surface area contributed by atoms with Crippen LogP contribution in [0.3, 0.4) is 0 Å². The fourth-order valence-corrected chi connectivity index (χ4v) is 5.28. The fraction of sp³-hybridized carbons (Fsp3) is 0.435. The van der Waals surface area contributed by atoms with Gasteiger partial charge in [0.25, 0.3) is 5.91 Å². The molecule has 1 amide bonds. The number of allylic oxidation sites excluding steroid dienone is 1. The molecule has 0 unspecified atom stereocenters. The minimum atomic E-state index is 0.0420. The Balaban J connectivity index is 1.36. The summed E-state index contributed by atoms with van der Waals surface area (Å²) in [7, 11) is 0. The monoisotopic (exact) mass is 437 g/mol. The van der Waals surface area contributed by atoms with Gasteiger partial charge in [-0.2, -0.15) is 0 Å². The van der Waals surface area contributed by atoms with E-state index in [-0.39, 0.29) is 5.91 Å². The largest absolute Gasteiger partial charge is 0.492 e. The van der Waals surface area contributed by atoms with Gasteiger partial charge in [0.15, 0.2) is 5.01 Å². The number of carbonyl (C=O) groups is 1. The van der Waals surface area contributed by atoms with Crippen LogP contribution >= 0.6 is 11.3 Å². The standard InChI is InChI=1S/C23H27N5O2S/c24-12-17(13-25)16-3-4-18-19(11-16)30-10-5-20-21(18)26-22(31-20)23(29)28-8-6-27(7-9-28)14-15-1-2-15/h3-4,11-13,15,24H,1-2,5-10,14,25H2/b17-13+,24-12?. The molecule has 3 aliphatic rings. The first-order valence-corrected chi connectivity index (χ1v) is 11.7. The second-order valence-electron chi connectivity index (χ2n) is 8.40. The number of nitrogens with one attached hydrogen (secondary N) is 1. The predicted octanol–water partition coefficient (Wildman–Crippen LogP) is 2.86.